The molecular formula is C24H25N5O. The van der Waals surface area contributed by atoms with Gasteiger partial charge in [0, 0.05) is 16.6 Å². The molecule has 2 heterocycles. The lowest BCUT2D eigenvalue weighted by Crippen LogP contribution is -2.19. The molecule has 2 aromatic carbocycles. The van der Waals surface area contributed by atoms with E-state index in [1.54, 1.807) is 0 Å². The molecule has 6 heteroatoms. The summed E-state index contributed by atoms with van der Waals surface area (Å²) < 4.78 is 0. The van der Waals surface area contributed by atoms with Crippen molar-refractivity contribution in [3.05, 3.63) is 87.0 Å². The van der Waals surface area contributed by atoms with Crippen molar-refractivity contribution in [1.29, 1.82) is 0 Å². The van der Waals surface area contributed by atoms with Crippen molar-refractivity contribution < 1.29 is 0 Å². The van der Waals surface area contributed by atoms with Crippen molar-refractivity contribution in [3.8, 4) is 0 Å². The van der Waals surface area contributed by atoms with E-state index in [1.807, 2.05) is 38.1 Å². The summed E-state index contributed by atoms with van der Waals surface area (Å²) in [6.07, 6.45) is 2.41. The fourth-order valence-corrected chi connectivity index (χ4v) is 3.59. The molecule has 0 aliphatic rings. The molecule has 30 heavy (non-hydrogen) atoms. The van der Waals surface area contributed by atoms with E-state index >= 15 is 0 Å². The lowest BCUT2D eigenvalue weighted by Gasteiger charge is -2.10. The van der Waals surface area contributed by atoms with E-state index in [1.165, 1.54) is 11.1 Å². The van der Waals surface area contributed by atoms with E-state index in [0.717, 1.165) is 29.4 Å². The first-order valence-electron chi connectivity index (χ1n) is 10.2. The van der Waals surface area contributed by atoms with E-state index in [2.05, 4.69) is 56.4 Å². The number of nitrogens with zero attached hydrogens (tertiary/aromatic N) is 3. The number of benzene rings is 2. The smallest absolute Gasteiger partial charge is 0.255 e. The van der Waals surface area contributed by atoms with Gasteiger partial charge in [0.25, 0.3) is 5.56 Å². The van der Waals surface area contributed by atoms with Crippen LogP contribution in [-0.4, -0.2) is 19.9 Å². The molecule has 4 aromatic rings. The number of hydrogen-bond acceptors (Lipinski definition) is 5. The fourth-order valence-electron chi connectivity index (χ4n) is 3.59. The molecule has 0 radical (unpaired) electrons. The predicted molar refractivity (Wildman–Crippen MR) is 120 cm³/mol. The molecule has 0 bridgehead atoms. The minimum absolute atomic E-state index is 0.133. The number of aromatic amines is 1. The molecular weight excluding hydrogens is 374 g/mol. The van der Waals surface area contributed by atoms with Crippen LogP contribution in [0, 0.1) is 13.8 Å². The predicted octanol–water partition coefficient (Wildman–Crippen LogP) is 4.42. The summed E-state index contributed by atoms with van der Waals surface area (Å²) in [6.45, 7) is 5.95. The number of aromatic nitrogens is 4. The third-order valence-corrected chi connectivity index (χ3v) is 5.32. The van der Waals surface area contributed by atoms with Gasteiger partial charge in [0.15, 0.2) is 0 Å². The van der Waals surface area contributed by atoms with Crippen LogP contribution < -0.4 is 10.9 Å². The molecule has 0 atom stereocenters. The lowest BCUT2D eigenvalue weighted by molar-refractivity contribution is 0.892. The highest BCUT2D eigenvalue weighted by Crippen LogP contribution is 2.20. The molecule has 0 amide bonds. The van der Waals surface area contributed by atoms with Crippen molar-refractivity contribution in [2.24, 2.45) is 0 Å². The third-order valence-electron chi connectivity index (χ3n) is 5.32. The molecule has 4 rings (SSSR count). The van der Waals surface area contributed by atoms with Gasteiger partial charge in [0.05, 0.1) is 11.2 Å². The van der Waals surface area contributed by atoms with E-state index in [-0.39, 0.29) is 5.56 Å². The minimum Gasteiger partial charge on any atom is -0.294 e. The quantitative estimate of drug-likeness (QED) is 0.501. The van der Waals surface area contributed by atoms with E-state index in [4.69, 9.17) is 0 Å². The second-order valence-corrected chi connectivity index (χ2v) is 7.43. The number of aryl methyl sites for hydroxylation is 4. The Labute approximate surface area is 175 Å². The second kappa shape index (κ2) is 8.45. The van der Waals surface area contributed by atoms with Gasteiger partial charge in [-0.2, -0.15) is 0 Å². The first-order chi connectivity index (χ1) is 14.5. The molecule has 0 saturated heterocycles. The Hall–Kier alpha value is -3.54. The maximum absolute atomic E-state index is 12.6. The zero-order valence-electron chi connectivity index (χ0n) is 17.5. The number of fused-ring (bicyclic) bond motifs is 1. The van der Waals surface area contributed by atoms with Crippen LogP contribution in [0.5, 0.6) is 0 Å². The second-order valence-electron chi connectivity index (χ2n) is 7.43. The van der Waals surface area contributed by atoms with Crippen LogP contribution in [0.25, 0.3) is 10.9 Å². The average molecular weight is 399 g/mol. The summed E-state index contributed by atoms with van der Waals surface area (Å²) in [5, 5.41) is 4.10. The standard InChI is InChI=1S/C24H25N5O/c1-4-17-11-13-21-20(14-17)16(3)26-23(27-21)29-24-25-15(2)19(22(30)28-24)12-10-18-8-6-5-7-9-18/h5-9,11,13-14H,4,10,12H2,1-3H3,(H2,25,26,27,28,29,30). The summed E-state index contributed by atoms with van der Waals surface area (Å²) in [6, 6.07) is 16.3. The molecule has 0 saturated carbocycles. The normalized spacial score (nSPS) is 11.0. The first kappa shape index (κ1) is 19.8. The molecule has 0 unspecified atom stereocenters. The van der Waals surface area contributed by atoms with Crippen molar-refractivity contribution >= 4 is 22.8 Å². The van der Waals surface area contributed by atoms with Crippen LogP contribution in [-0.2, 0) is 19.3 Å². The maximum Gasteiger partial charge on any atom is 0.255 e. The Kier molecular flexibility index (Phi) is 5.57. The number of H-pyrrole nitrogens is 1. The Morgan fingerprint density at radius 3 is 2.43 bits per heavy atom. The highest BCUT2D eigenvalue weighted by Gasteiger charge is 2.11. The van der Waals surface area contributed by atoms with E-state index < -0.39 is 0 Å². The Balaban J connectivity index is 1.57. The zero-order chi connectivity index (χ0) is 21.1. The van der Waals surface area contributed by atoms with Crippen LogP contribution in [0.2, 0.25) is 0 Å². The third kappa shape index (κ3) is 4.22. The van der Waals surface area contributed by atoms with Gasteiger partial charge in [0.1, 0.15) is 0 Å². The number of rotatable bonds is 6. The van der Waals surface area contributed by atoms with E-state index in [9.17, 15) is 4.79 Å². The van der Waals surface area contributed by atoms with Gasteiger partial charge < -0.3 is 0 Å². The highest BCUT2D eigenvalue weighted by atomic mass is 16.1. The number of nitrogens with one attached hydrogen (secondary N) is 2. The van der Waals surface area contributed by atoms with Gasteiger partial charge in [-0.15, -0.1) is 0 Å². The summed E-state index contributed by atoms with van der Waals surface area (Å²) in [4.78, 5) is 29.1. The topological polar surface area (TPSA) is 83.6 Å². The van der Waals surface area contributed by atoms with Gasteiger partial charge in [-0.3, -0.25) is 15.1 Å². The van der Waals surface area contributed by atoms with Gasteiger partial charge in [-0.1, -0.05) is 43.3 Å². The number of hydrogen-bond donors (Lipinski definition) is 2. The van der Waals surface area contributed by atoms with Gasteiger partial charge >= 0.3 is 0 Å². The SMILES string of the molecule is CCc1ccc2nc(Nc3nc(C)c(CCc4ccccc4)c(=O)[nH]3)nc(C)c2c1. The molecule has 2 N–H and O–H groups in total. The molecule has 0 aliphatic heterocycles. The molecule has 0 aliphatic carbocycles. The number of anilines is 2. The van der Waals surface area contributed by atoms with Crippen LogP contribution in [0.4, 0.5) is 11.9 Å². The van der Waals surface area contributed by atoms with Gasteiger partial charge in [-0.05, 0) is 56.4 Å². The monoisotopic (exact) mass is 399 g/mol. The Morgan fingerprint density at radius 2 is 1.70 bits per heavy atom. The minimum atomic E-state index is -0.133. The summed E-state index contributed by atoms with van der Waals surface area (Å²) in [5.74, 6) is 0.772. The van der Waals surface area contributed by atoms with E-state index in [0.29, 0.717) is 29.6 Å². The molecule has 0 spiro atoms. The average Bonchev–Trinajstić information content (AvgIpc) is 2.74. The molecule has 6 nitrogen and oxygen atoms in total. The summed E-state index contributed by atoms with van der Waals surface area (Å²) in [5.41, 5.74) is 5.48. The maximum atomic E-state index is 12.6. The first-order valence-corrected chi connectivity index (χ1v) is 10.2. The lowest BCUT2D eigenvalue weighted by atomic mass is 10.0. The van der Waals surface area contributed by atoms with Gasteiger partial charge in [0.2, 0.25) is 11.9 Å². The summed E-state index contributed by atoms with van der Waals surface area (Å²) in [7, 11) is 0. The van der Waals surface area contributed by atoms with Crippen LogP contribution in [0.1, 0.15) is 35.0 Å². The fraction of sp³-hybridized carbons (Fsp3) is 0.250. The molecule has 2 aromatic heterocycles. The Morgan fingerprint density at radius 1 is 0.900 bits per heavy atom. The van der Waals surface area contributed by atoms with Crippen molar-refractivity contribution in [3.63, 3.8) is 0 Å². The Bertz CT molecular complexity index is 1250. The van der Waals surface area contributed by atoms with Crippen LogP contribution >= 0.6 is 0 Å². The highest BCUT2D eigenvalue weighted by molar-refractivity contribution is 5.82. The van der Waals surface area contributed by atoms with Crippen LogP contribution in [0.15, 0.2) is 53.3 Å². The zero-order valence-corrected chi connectivity index (χ0v) is 17.5. The molecule has 0 fully saturated rings. The van der Waals surface area contributed by atoms with Crippen molar-refractivity contribution in [1.82, 2.24) is 19.9 Å². The van der Waals surface area contributed by atoms with Crippen molar-refractivity contribution in [2.45, 2.75) is 40.0 Å². The van der Waals surface area contributed by atoms with Gasteiger partial charge in [-0.25, -0.2) is 15.0 Å². The summed E-state index contributed by atoms with van der Waals surface area (Å²) >= 11 is 0. The molecule has 152 valence electrons. The largest absolute Gasteiger partial charge is 0.294 e. The van der Waals surface area contributed by atoms with Crippen LogP contribution in [0.3, 0.4) is 0 Å². The van der Waals surface area contributed by atoms with Crippen molar-refractivity contribution in [2.75, 3.05) is 5.32 Å².